The third kappa shape index (κ3) is 27.5. The molecular weight excluding hydrogens is 410 g/mol. The van der Waals surface area contributed by atoms with E-state index in [-0.39, 0.29) is 72.3 Å². The second-order valence-corrected chi connectivity index (χ2v) is 5.63. The zero-order chi connectivity index (χ0) is 20.6. The number of carboxylic acids is 1. The number of carboxylic acid groups (broad SMARTS) is 1. The Bertz CT molecular complexity index is 716. The monoisotopic (exact) mass is 430 g/mol. The van der Waals surface area contributed by atoms with Crippen LogP contribution in [0, 0.1) is 0 Å². The van der Waals surface area contributed by atoms with Crippen LogP contribution in [0.2, 0.25) is 0 Å². The Labute approximate surface area is 209 Å². The predicted octanol–water partition coefficient (Wildman–Crippen LogP) is -5.77. The Morgan fingerprint density at radius 3 is 2.00 bits per heavy atom. The first-order valence-electron chi connectivity index (χ1n) is 6.99. The molecule has 28 heavy (non-hydrogen) atoms. The smallest absolute Gasteiger partial charge is 0.744 e. The standard InChI is InChI=1S/C8H8O3S.C6H10O3.C3H4O2.2Na/c9-12(10,11)7-6-8-4-2-1-3-5-8;1-5(2)6(8)9-4-3-7;1-2-3(4)5;;/h1-7H,(H,9,10,11);7H,1,3-4H2,2H3;2H,1H2,(H,4,5);;/q;;;2*+1/p-2. The van der Waals surface area contributed by atoms with E-state index in [1.807, 2.05) is 6.07 Å². The summed E-state index contributed by atoms with van der Waals surface area (Å²) in [5.74, 6) is -1.69. The minimum Gasteiger partial charge on any atom is -0.744 e. The van der Waals surface area contributed by atoms with E-state index in [0.717, 1.165) is 6.08 Å². The first kappa shape index (κ1) is 34.7. The van der Waals surface area contributed by atoms with Crippen LogP contribution in [-0.2, 0) is 24.4 Å². The molecule has 0 unspecified atom stereocenters. The van der Waals surface area contributed by atoms with E-state index in [1.54, 1.807) is 31.2 Å². The van der Waals surface area contributed by atoms with E-state index < -0.39 is 22.1 Å². The van der Waals surface area contributed by atoms with Crippen LogP contribution in [0.1, 0.15) is 12.5 Å². The summed E-state index contributed by atoms with van der Waals surface area (Å²) in [4.78, 5) is 19.6. The quantitative estimate of drug-likeness (QED) is 0.203. The van der Waals surface area contributed by atoms with Crippen LogP contribution >= 0.6 is 0 Å². The van der Waals surface area contributed by atoms with Crippen LogP contribution in [-0.4, -0.2) is 43.2 Å². The molecule has 1 rings (SSSR count). The fourth-order valence-electron chi connectivity index (χ4n) is 0.988. The summed E-state index contributed by atoms with van der Waals surface area (Å²) >= 11 is 0. The van der Waals surface area contributed by atoms with Crippen LogP contribution in [0.3, 0.4) is 0 Å². The number of aliphatic hydroxyl groups excluding tert-OH is 1. The molecule has 11 heteroatoms. The molecule has 0 aliphatic rings. The summed E-state index contributed by atoms with van der Waals surface area (Å²) in [5, 5.41) is 18.0. The van der Waals surface area contributed by atoms with Gasteiger partial charge in [-0.05, 0) is 24.6 Å². The molecule has 1 aromatic rings. The van der Waals surface area contributed by atoms with Crippen LogP contribution in [0.4, 0.5) is 0 Å². The molecule has 0 saturated heterocycles. The zero-order valence-corrected chi connectivity index (χ0v) is 21.0. The number of aliphatic carboxylic acids is 1. The second-order valence-electron chi connectivity index (χ2n) is 4.37. The third-order valence-electron chi connectivity index (χ3n) is 2.07. The molecule has 8 nitrogen and oxygen atoms in total. The van der Waals surface area contributed by atoms with E-state index in [0.29, 0.717) is 16.5 Å². The van der Waals surface area contributed by atoms with Gasteiger partial charge in [0.05, 0.1) is 12.6 Å². The van der Waals surface area contributed by atoms with Gasteiger partial charge in [-0.25, -0.2) is 13.2 Å². The average Bonchev–Trinajstić information content (AvgIpc) is 2.59. The summed E-state index contributed by atoms with van der Waals surface area (Å²) in [6.45, 7) is 7.71. The van der Waals surface area contributed by atoms with Gasteiger partial charge in [-0.3, -0.25) is 0 Å². The first-order valence-corrected chi connectivity index (χ1v) is 8.46. The largest absolute Gasteiger partial charge is 1.00 e. The Kier molecular flexibility index (Phi) is 26.0. The summed E-state index contributed by atoms with van der Waals surface area (Å²) in [5.41, 5.74) is 1.04. The molecule has 0 radical (unpaired) electrons. The maximum atomic E-state index is 10.5. The van der Waals surface area contributed by atoms with Crippen molar-refractivity contribution in [3.05, 3.63) is 66.1 Å². The van der Waals surface area contributed by atoms with Gasteiger partial charge in [0.1, 0.15) is 16.7 Å². The molecule has 0 heterocycles. The van der Waals surface area contributed by atoms with Gasteiger partial charge in [0.25, 0.3) is 0 Å². The van der Waals surface area contributed by atoms with E-state index in [2.05, 4.69) is 17.9 Å². The summed E-state index contributed by atoms with van der Waals surface area (Å²) in [6.07, 6.45) is 1.99. The fourth-order valence-corrected chi connectivity index (χ4v) is 1.31. The Balaban J connectivity index is -0.000000161. The van der Waals surface area contributed by atoms with Gasteiger partial charge in [-0.15, -0.1) is 0 Å². The number of hydrogen-bond donors (Lipinski definition) is 1. The number of aliphatic hydroxyl groups is 1. The number of esters is 1. The molecule has 0 bridgehead atoms. The van der Waals surface area contributed by atoms with E-state index in [9.17, 15) is 17.8 Å². The Morgan fingerprint density at radius 2 is 1.68 bits per heavy atom. The van der Waals surface area contributed by atoms with Crippen molar-refractivity contribution in [3.8, 4) is 0 Å². The molecule has 1 aromatic carbocycles. The first-order chi connectivity index (χ1) is 12.0. The minimum absolute atomic E-state index is 0. The molecule has 0 aliphatic carbocycles. The fraction of sp³-hybridized carbons (Fsp3) is 0.176. The summed E-state index contributed by atoms with van der Waals surface area (Å²) < 4.78 is 35.0. The van der Waals surface area contributed by atoms with Crippen molar-refractivity contribution in [2.75, 3.05) is 13.2 Å². The Hall–Kier alpha value is -0.750. The van der Waals surface area contributed by atoms with Crippen LogP contribution in [0.25, 0.3) is 6.08 Å². The van der Waals surface area contributed by atoms with Crippen molar-refractivity contribution in [2.24, 2.45) is 0 Å². The number of ether oxygens (including phenoxy) is 1. The Morgan fingerprint density at radius 1 is 1.21 bits per heavy atom. The predicted molar refractivity (Wildman–Crippen MR) is 93.2 cm³/mol. The molecule has 1 N–H and O–H groups in total. The molecule has 0 amide bonds. The molecule has 0 saturated carbocycles. The van der Waals surface area contributed by atoms with E-state index in [4.69, 9.17) is 15.0 Å². The normalized spacial score (nSPS) is 9.11. The van der Waals surface area contributed by atoms with Crippen molar-refractivity contribution < 1.29 is 96.6 Å². The van der Waals surface area contributed by atoms with E-state index in [1.165, 1.54) is 6.08 Å². The maximum Gasteiger partial charge on any atom is 1.00 e. The van der Waals surface area contributed by atoms with Gasteiger partial charge in [0, 0.05) is 11.0 Å². The number of carbonyl (C=O) groups is 2. The van der Waals surface area contributed by atoms with Crippen LogP contribution < -0.4 is 64.2 Å². The van der Waals surface area contributed by atoms with E-state index >= 15 is 0 Å². The van der Waals surface area contributed by atoms with Gasteiger partial charge in [0.15, 0.2) is 0 Å². The number of carbonyl (C=O) groups excluding carboxylic acids is 2. The van der Waals surface area contributed by atoms with Gasteiger partial charge >= 0.3 is 65.1 Å². The minimum atomic E-state index is -4.25. The van der Waals surface area contributed by atoms with Crippen molar-refractivity contribution >= 4 is 28.1 Å². The number of benzene rings is 1. The third-order valence-corrected chi connectivity index (χ3v) is 2.54. The van der Waals surface area contributed by atoms with Crippen LogP contribution in [0.5, 0.6) is 0 Å². The second kappa shape index (κ2) is 21.0. The van der Waals surface area contributed by atoms with Crippen LogP contribution in [0.15, 0.2) is 60.5 Å². The molecule has 0 spiro atoms. The zero-order valence-electron chi connectivity index (χ0n) is 16.2. The van der Waals surface area contributed by atoms with Gasteiger partial charge in [0.2, 0.25) is 0 Å². The molecule has 0 fully saturated rings. The molecule has 0 atom stereocenters. The summed E-state index contributed by atoms with van der Waals surface area (Å²) in [6, 6.07) is 8.75. The maximum absolute atomic E-state index is 10.5. The molecular formula is C17H20Na2O8S. The van der Waals surface area contributed by atoms with Gasteiger partial charge < -0.3 is 24.3 Å². The van der Waals surface area contributed by atoms with Crippen molar-refractivity contribution in [1.82, 2.24) is 0 Å². The van der Waals surface area contributed by atoms with Crippen molar-refractivity contribution in [2.45, 2.75) is 6.92 Å². The summed E-state index contributed by atoms with van der Waals surface area (Å²) in [7, 11) is -4.25. The van der Waals surface area contributed by atoms with Gasteiger partial charge in [-0.1, -0.05) is 43.5 Å². The number of hydrogen-bond acceptors (Lipinski definition) is 8. The topological polar surface area (TPSA) is 144 Å². The van der Waals surface area contributed by atoms with Crippen molar-refractivity contribution in [1.29, 1.82) is 0 Å². The molecule has 144 valence electrons. The number of rotatable bonds is 6. The SMILES string of the molecule is C=C(C)C(=O)OCCO.C=CC(=O)[O-].O=S(=O)([O-])C=Cc1ccccc1.[Na+].[Na+]. The van der Waals surface area contributed by atoms with Gasteiger partial charge in [-0.2, -0.15) is 0 Å². The molecule has 0 aliphatic heterocycles. The van der Waals surface area contributed by atoms with Crippen molar-refractivity contribution in [3.63, 3.8) is 0 Å². The molecule has 0 aromatic heterocycles. The average molecular weight is 430 g/mol.